The first-order valence-corrected chi connectivity index (χ1v) is 5.27. The van der Waals surface area contributed by atoms with E-state index in [0.717, 1.165) is 13.1 Å². The number of carbonyl (C=O) groups is 1. The van der Waals surface area contributed by atoms with Crippen LogP contribution in [-0.4, -0.2) is 32.2 Å². The van der Waals surface area contributed by atoms with Crippen LogP contribution in [0.15, 0.2) is 0 Å². The van der Waals surface area contributed by atoms with Gasteiger partial charge in [0.05, 0.1) is 0 Å². The molecule has 1 saturated carbocycles. The predicted octanol–water partition coefficient (Wildman–Crippen LogP) is 0.694. The van der Waals surface area contributed by atoms with Crippen LogP contribution in [-0.2, 0) is 0 Å². The van der Waals surface area contributed by atoms with Crippen molar-refractivity contribution in [2.45, 2.75) is 32.7 Å². The van der Waals surface area contributed by atoms with E-state index in [4.69, 9.17) is 0 Å². The number of rotatable bonds is 5. The largest absolute Gasteiger partial charge is 0.338 e. The molecule has 0 heterocycles. The van der Waals surface area contributed by atoms with Gasteiger partial charge in [-0.05, 0) is 33.7 Å². The maximum absolute atomic E-state index is 11.3. The summed E-state index contributed by atoms with van der Waals surface area (Å²) in [5, 5.41) is 8.89. The van der Waals surface area contributed by atoms with Crippen LogP contribution in [0.2, 0.25) is 0 Å². The van der Waals surface area contributed by atoms with Crippen molar-refractivity contribution in [3.05, 3.63) is 0 Å². The minimum atomic E-state index is -0.0534. The third-order valence-electron chi connectivity index (χ3n) is 2.55. The Morgan fingerprint density at radius 2 is 2.00 bits per heavy atom. The van der Waals surface area contributed by atoms with E-state index < -0.39 is 0 Å². The van der Waals surface area contributed by atoms with Gasteiger partial charge in [-0.15, -0.1) is 0 Å². The first-order chi connectivity index (χ1) is 6.58. The number of hydrogen-bond donors (Lipinski definition) is 3. The smallest absolute Gasteiger partial charge is 0.315 e. The first kappa shape index (κ1) is 11.3. The number of urea groups is 1. The lowest BCUT2D eigenvalue weighted by atomic mass is 10.1. The van der Waals surface area contributed by atoms with Crippen molar-refractivity contribution < 1.29 is 4.79 Å². The molecule has 82 valence electrons. The zero-order valence-corrected chi connectivity index (χ0v) is 9.31. The molecule has 3 N–H and O–H groups in total. The van der Waals surface area contributed by atoms with Crippen LogP contribution in [0.5, 0.6) is 0 Å². The van der Waals surface area contributed by atoms with Crippen molar-refractivity contribution in [3.8, 4) is 0 Å². The molecule has 0 aromatic heterocycles. The fourth-order valence-electron chi connectivity index (χ4n) is 1.55. The molecular formula is C10H21N3O. The standard InChI is InChI=1S/C10H21N3O/c1-8(2)13-9(14)12-7-10(4-5-10)6-11-3/h8,11H,4-7H2,1-3H3,(H2,12,13,14). The van der Waals surface area contributed by atoms with E-state index in [1.807, 2.05) is 20.9 Å². The summed E-state index contributed by atoms with van der Waals surface area (Å²) in [4.78, 5) is 11.3. The molecule has 0 spiro atoms. The van der Waals surface area contributed by atoms with E-state index in [-0.39, 0.29) is 12.1 Å². The molecule has 4 nitrogen and oxygen atoms in total. The van der Waals surface area contributed by atoms with E-state index in [9.17, 15) is 4.79 Å². The van der Waals surface area contributed by atoms with Crippen molar-refractivity contribution in [2.75, 3.05) is 20.1 Å². The maximum atomic E-state index is 11.3. The Hall–Kier alpha value is -0.770. The van der Waals surface area contributed by atoms with E-state index in [0.29, 0.717) is 5.41 Å². The van der Waals surface area contributed by atoms with Crippen molar-refractivity contribution in [2.24, 2.45) is 5.41 Å². The monoisotopic (exact) mass is 199 g/mol. The first-order valence-electron chi connectivity index (χ1n) is 5.27. The lowest BCUT2D eigenvalue weighted by Crippen LogP contribution is -2.43. The molecule has 0 atom stereocenters. The summed E-state index contributed by atoms with van der Waals surface area (Å²) in [6.45, 7) is 5.70. The highest BCUT2D eigenvalue weighted by Gasteiger charge is 2.41. The van der Waals surface area contributed by atoms with Gasteiger partial charge in [-0.3, -0.25) is 0 Å². The van der Waals surface area contributed by atoms with Crippen LogP contribution in [0.3, 0.4) is 0 Å². The van der Waals surface area contributed by atoms with Gasteiger partial charge >= 0.3 is 6.03 Å². The fourth-order valence-corrected chi connectivity index (χ4v) is 1.55. The van der Waals surface area contributed by atoms with Gasteiger partial charge in [-0.2, -0.15) is 0 Å². The predicted molar refractivity (Wildman–Crippen MR) is 57.3 cm³/mol. The zero-order chi connectivity index (χ0) is 10.6. The lowest BCUT2D eigenvalue weighted by Gasteiger charge is -2.16. The Morgan fingerprint density at radius 1 is 1.36 bits per heavy atom. The van der Waals surface area contributed by atoms with E-state index >= 15 is 0 Å². The SMILES string of the molecule is CNCC1(CNC(=O)NC(C)C)CC1. The summed E-state index contributed by atoms with van der Waals surface area (Å²) >= 11 is 0. The summed E-state index contributed by atoms with van der Waals surface area (Å²) in [5.41, 5.74) is 0.336. The molecule has 0 aromatic carbocycles. The average Bonchev–Trinajstić information content (AvgIpc) is 2.82. The van der Waals surface area contributed by atoms with Crippen LogP contribution in [0.25, 0.3) is 0 Å². The number of carbonyl (C=O) groups excluding carboxylic acids is 1. The second-order valence-electron chi connectivity index (χ2n) is 4.51. The quantitative estimate of drug-likeness (QED) is 0.610. The molecule has 4 heteroatoms. The van der Waals surface area contributed by atoms with Gasteiger partial charge < -0.3 is 16.0 Å². The molecule has 1 aliphatic carbocycles. The summed E-state index contributed by atoms with van der Waals surface area (Å²) in [6.07, 6.45) is 2.44. The van der Waals surface area contributed by atoms with E-state index in [2.05, 4.69) is 16.0 Å². The molecular weight excluding hydrogens is 178 g/mol. The van der Waals surface area contributed by atoms with Crippen LogP contribution in [0, 0.1) is 5.41 Å². The molecule has 14 heavy (non-hydrogen) atoms. The molecule has 0 saturated heterocycles. The van der Waals surface area contributed by atoms with Crippen molar-refractivity contribution in [1.29, 1.82) is 0 Å². The normalized spacial score (nSPS) is 18.0. The van der Waals surface area contributed by atoms with E-state index in [1.165, 1.54) is 12.8 Å². The molecule has 0 bridgehead atoms. The third kappa shape index (κ3) is 3.54. The lowest BCUT2D eigenvalue weighted by molar-refractivity contribution is 0.235. The Labute approximate surface area is 85.8 Å². The number of nitrogens with one attached hydrogen (secondary N) is 3. The van der Waals surface area contributed by atoms with Crippen molar-refractivity contribution in [1.82, 2.24) is 16.0 Å². The molecule has 0 aromatic rings. The topological polar surface area (TPSA) is 53.2 Å². The van der Waals surface area contributed by atoms with Crippen LogP contribution < -0.4 is 16.0 Å². The molecule has 2 amide bonds. The van der Waals surface area contributed by atoms with Crippen LogP contribution >= 0.6 is 0 Å². The fraction of sp³-hybridized carbons (Fsp3) is 0.900. The Morgan fingerprint density at radius 3 is 2.43 bits per heavy atom. The minimum Gasteiger partial charge on any atom is -0.338 e. The van der Waals surface area contributed by atoms with Crippen LogP contribution in [0.1, 0.15) is 26.7 Å². The molecule has 1 fully saturated rings. The minimum absolute atomic E-state index is 0.0534. The molecule has 1 aliphatic rings. The highest BCUT2D eigenvalue weighted by molar-refractivity contribution is 5.74. The Bertz CT molecular complexity index is 200. The van der Waals surface area contributed by atoms with Crippen molar-refractivity contribution >= 4 is 6.03 Å². The second-order valence-corrected chi connectivity index (χ2v) is 4.51. The maximum Gasteiger partial charge on any atom is 0.315 e. The van der Waals surface area contributed by atoms with Gasteiger partial charge in [-0.1, -0.05) is 0 Å². The summed E-state index contributed by atoms with van der Waals surface area (Å²) in [5.74, 6) is 0. The summed E-state index contributed by atoms with van der Waals surface area (Å²) in [7, 11) is 1.95. The highest BCUT2D eigenvalue weighted by Crippen LogP contribution is 2.44. The molecule has 0 radical (unpaired) electrons. The van der Waals surface area contributed by atoms with Gasteiger partial charge in [0.2, 0.25) is 0 Å². The van der Waals surface area contributed by atoms with Crippen LogP contribution in [0.4, 0.5) is 4.79 Å². The van der Waals surface area contributed by atoms with Gasteiger partial charge in [-0.25, -0.2) is 4.79 Å². The van der Waals surface area contributed by atoms with Gasteiger partial charge in [0.25, 0.3) is 0 Å². The van der Waals surface area contributed by atoms with Crippen molar-refractivity contribution in [3.63, 3.8) is 0 Å². The van der Waals surface area contributed by atoms with E-state index in [1.54, 1.807) is 0 Å². The summed E-state index contributed by atoms with van der Waals surface area (Å²) in [6, 6.07) is 0.150. The number of amides is 2. The second kappa shape index (κ2) is 4.64. The zero-order valence-electron chi connectivity index (χ0n) is 9.31. The van der Waals surface area contributed by atoms with Gasteiger partial charge in [0.1, 0.15) is 0 Å². The molecule has 0 aliphatic heterocycles. The average molecular weight is 199 g/mol. The van der Waals surface area contributed by atoms with Gasteiger partial charge in [0, 0.05) is 24.5 Å². The van der Waals surface area contributed by atoms with Gasteiger partial charge in [0.15, 0.2) is 0 Å². The Balaban J connectivity index is 2.17. The third-order valence-corrected chi connectivity index (χ3v) is 2.55. The molecule has 0 unspecified atom stereocenters. The Kier molecular flexibility index (Phi) is 3.75. The highest BCUT2D eigenvalue weighted by atomic mass is 16.2. The number of hydrogen-bond acceptors (Lipinski definition) is 2. The summed E-state index contributed by atoms with van der Waals surface area (Å²) < 4.78 is 0. The molecule has 1 rings (SSSR count).